The normalized spacial score (nSPS) is 33.0. The summed E-state index contributed by atoms with van der Waals surface area (Å²) in [6, 6.07) is 0. The van der Waals surface area contributed by atoms with Gasteiger partial charge in [0.05, 0.1) is 5.54 Å². The van der Waals surface area contributed by atoms with E-state index >= 15 is 0 Å². The van der Waals surface area contributed by atoms with E-state index in [1.54, 1.807) is 0 Å². The van der Waals surface area contributed by atoms with Crippen molar-refractivity contribution in [2.45, 2.75) is 57.9 Å². The van der Waals surface area contributed by atoms with Crippen molar-refractivity contribution < 1.29 is 9.53 Å². The molecule has 0 aromatic rings. The van der Waals surface area contributed by atoms with Crippen LogP contribution in [0.2, 0.25) is 0 Å². The molecule has 0 aliphatic carbocycles. The molecule has 1 atom stereocenters. The highest BCUT2D eigenvalue weighted by molar-refractivity contribution is 5.81. The molecule has 3 nitrogen and oxygen atoms in total. The fourth-order valence-electron chi connectivity index (χ4n) is 3.33. The summed E-state index contributed by atoms with van der Waals surface area (Å²) in [5.41, 5.74) is 0.168. The zero-order valence-electron chi connectivity index (χ0n) is 10.5. The summed E-state index contributed by atoms with van der Waals surface area (Å²) in [6.07, 6.45) is 6.25. The number of carbonyl (C=O) groups excluding carboxylic acids is 1. The largest absolute Gasteiger partial charge is 0.381 e. The molecule has 0 radical (unpaired) electrons. The molecule has 1 spiro atoms. The van der Waals surface area contributed by atoms with Crippen LogP contribution in [0.5, 0.6) is 0 Å². The van der Waals surface area contributed by atoms with Gasteiger partial charge < -0.3 is 10.1 Å². The number of hydrogen-bond acceptors (Lipinski definition) is 2. The van der Waals surface area contributed by atoms with Gasteiger partial charge in [0.2, 0.25) is 5.91 Å². The predicted molar refractivity (Wildman–Crippen MR) is 63.2 cm³/mol. The Morgan fingerprint density at radius 1 is 1.38 bits per heavy atom. The van der Waals surface area contributed by atoms with Gasteiger partial charge in [-0.05, 0) is 24.7 Å². The molecule has 2 rings (SSSR count). The Morgan fingerprint density at radius 2 is 2.06 bits per heavy atom. The molecule has 1 N–H and O–H groups in total. The first-order valence-electron chi connectivity index (χ1n) is 6.51. The average molecular weight is 225 g/mol. The van der Waals surface area contributed by atoms with E-state index < -0.39 is 0 Å². The second kappa shape index (κ2) is 4.36. The molecule has 1 amide bonds. The maximum absolute atomic E-state index is 11.7. The van der Waals surface area contributed by atoms with E-state index in [9.17, 15) is 4.79 Å². The third-order valence-corrected chi connectivity index (χ3v) is 4.51. The van der Waals surface area contributed by atoms with E-state index in [2.05, 4.69) is 19.2 Å². The van der Waals surface area contributed by atoms with Crippen LogP contribution in [0.3, 0.4) is 0 Å². The molecule has 3 heteroatoms. The van der Waals surface area contributed by atoms with Crippen LogP contribution in [0, 0.1) is 5.41 Å². The van der Waals surface area contributed by atoms with E-state index in [0.29, 0.717) is 6.42 Å². The average Bonchev–Trinajstić information content (AvgIpc) is 2.49. The van der Waals surface area contributed by atoms with Crippen molar-refractivity contribution >= 4 is 5.91 Å². The Morgan fingerprint density at radius 3 is 2.69 bits per heavy atom. The van der Waals surface area contributed by atoms with Crippen molar-refractivity contribution in [2.75, 3.05) is 13.2 Å². The summed E-state index contributed by atoms with van der Waals surface area (Å²) < 4.78 is 5.44. The van der Waals surface area contributed by atoms with Gasteiger partial charge in [0.15, 0.2) is 0 Å². The summed E-state index contributed by atoms with van der Waals surface area (Å²) in [7, 11) is 0. The van der Waals surface area contributed by atoms with E-state index in [-0.39, 0.29) is 16.9 Å². The first-order valence-corrected chi connectivity index (χ1v) is 6.51. The molecule has 0 saturated carbocycles. The smallest absolute Gasteiger partial charge is 0.221 e. The molecule has 2 fully saturated rings. The minimum Gasteiger partial charge on any atom is -0.381 e. The highest BCUT2D eigenvalue weighted by Gasteiger charge is 2.54. The minimum atomic E-state index is 0.0253. The Bertz CT molecular complexity index is 271. The number of hydrogen-bond donors (Lipinski definition) is 1. The Labute approximate surface area is 97.9 Å². The van der Waals surface area contributed by atoms with E-state index in [1.165, 1.54) is 12.8 Å². The van der Waals surface area contributed by atoms with Gasteiger partial charge >= 0.3 is 0 Å². The van der Waals surface area contributed by atoms with Gasteiger partial charge in [-0.1, -0.05) is 26.7 Å². The zero-order valence-corrected chi connectivity index (χ0v) is 10.5. The van der Waals surface area contributed by atoms with Crippen molar-refractivity contribution in [1.82, 2.24) is 5.32 Å². The molecule has 0 aromatic heterocycles. The monoisotopic (exact) mass is 225 g/mol. The lowest BCUT2D eigenvalue weighted by atomic mass is 9.65. The van der Waals surface area contributed by atoms with Gasteiger partial charge in [-0.25, -0.2) is 0 Å². The van der Waals surface area contributed by atoms with Crippen molar-refractivity contribution in [3.63, 3.8) is 0 Å². The van der Waals surface area contributed by atoms with Gasteiger partial charge in [0, 0.05) is 19.6 Å². The van der Waals surface area contributed by atoms with Crippen LogP contribution in [0.25, 0.3) is 0 Å². The van der Waals surface area contributed by atoms with Crippen LogP contribution in [0.15, 0.2) is 0 Å². The number of carbonyl (C=O) groups is 1. The molecule has 0 aromatic carbocycles. The van der Waals surface area contributed by atoms with Crippen LogP contribution >= 0.6 is 0 Å². The lowest BCUT2D eigenvalue weighted by Gasteiger charge is -2.45. The highest BCUT2D eigenvalue weighted by atomic mass is 16.5. The van der Waals surface area contributed by atoms with Crippen molar-refractivity contribution in [1.29, 1.82) is 0 Å². The van der Waals surface area contributed by atoms with Gasteiger partial charge in [0.1, 0.15) is 0 Å². The predicted octanol–water partition coefficient (Wildman–Crippen LogP) is 2.25. The molecule has 2 aliphatic heterocycles. The minimum absolute atomic E-state index is 0.0253. The lowest BCUT2D eigenvalue weighted by Crippen LogP contribution is -2.54. The number of unbranched alkanes of at least 4 members (excludes halogenated alkanes) is 1. The van der Waals surface area contributed by atoms with Crippen LogP contribution in [0.4, 0.5) is 0 Å². The fraction of sp³-hybridized carbons (Fsp3) is 0.923. The quantitative estimate of drug-likeness (QED) is 0.800. The summed E-state index contributed by atoms with van der Waals surface area (Å²) >= 11 is 0. The molecular weight excluding hydrogens is 202 g/mol. The maximum Gasteiger partial charge on any atom is 0.221 e. The van der Waals surface area contributed by atoms with Crippen LogP contribution < -0.4 is 5.32 Å². The molecule has 92 valence electrons. The van der Waals surface area contributed by atoms with Crippen molar-refractivity contribution in [2.24, 2.45) is 5.41 Å². The topological polar surface area (TPSA) is 38.3 Å². The number of nitrogens with one attached hydrogen (secondary N) is 1. The molecule has 2 aliphatic rings. The van der Waals surface area contributed by atoms with Crippen LogP contribution in [-0.2, 0) is 9.53 Å². The molecular formula is C13H23NO2. The molecule has 2 heterocycles. The molecule has 0 bridgehead atoms. The van der Waals surface area contributed by atoms with Gasteiger partial charge in [-0.3, -0.25) is 4.79 Å². The standard InChI is InChI=1S/C13H23NO2/c1-3-4-5-12(2)10-11(15)14-13(12)6-8-16-9-7-13/h3-10H2,1-2H3,(H,14,15). The van der Waals surface area contributed by atoms with Crippen molar-refractivity contribution in [3.05, 3.63) is 0 Å². The Balaban J connectivity index is 2.16. The Hall–Kier alpha value is -0.570. The molecule has 2 saturated heterocycles. The van der Waals surface area contributed by atoms with E-state index in [4.69, 9.17) is 4.74 Å². The third-order valence-electron chi connectivity index (χ3n) is 4.51. The van der Waals surface area contributed by atoms with E-state index in [0.717, 1.165) is 32.5 Å². The number of rotatable bonds is 3. The van der Waals surface area contributed by atoms with Crippen LogP contribution in [0.1, 0.15) is 52.4 Å². The summed E-state index contributed by atoms with van der Waals surface area (Å²) in [5, 5.41) is 3.25. The van der Waals surface area contributed by atoms with Gasteiger partial charge in [-0.2, -0.15) is 0 Å². The molecule has 16 heavy (non-hydrogen) atoms. The third kappa shape index (κ3) is 1.86. The molecule has 1 unspecified atom stereocenters. The summed E-state index contributed by atoms with van der Waals surface area (Å²) in [6.45, 7) is 6.08. The first-order chi connectivity index (χ1) is 7.62. The Kier molecular flexibility index (Phi) is 3.24. The van der Waals surface area contributed by atoms with Gasteiger partial charge in [-0.15, -0.1) is 0 Å². The first kappa shape index (κ1) is 11.9. The SMILES string of the molecule is CCCCC1(C)CC(=O)NC12CCOCC2. The second-order valence-corrected chi connectivity index (χ2v) is 5.58. The number of ether oxygens (including phenoxy) is 1. The van der Waals surface area contributed by atoms with Crippen LogP contribution in [-0.4, -0.2) is 24.7 Å². The highest BCUT2D eigenvalue weighted by Crippen LogP contribution is 2.48. The zero-order chi connectivity index (χ0) is 11.6. The summed E-state index contributed by atoms with van der Waals surface area (Å²) in [4.78, 5) is 11.7. The maximum atomic E-state index is 11.7. The van der Waals surface area contributed by atoms with Gasteiger partial charge in [0.25, 0.3) is 0 Å². The fourth-order valence-corrected chi connectivity index (χ4v) is 3.33. The second-order valence-electron chi connectivity index (χ2n) is 5.58. The number of amides is 1. The van der Waals surface area contributed by atoms with Crippen molar-refractivity contribution in [3.8, 4) is 0 Å². The lowest BCUT2D eigenvalue weighted by molar-refractivity contribution is -0.120. The van der Waals surface area contributed by atoms with E-state index in [1.807, 2.05) is 0 Å². The summed E-state index contributed by atoms with van der Waals surface area (Å²) in [5.74, 6) is 0.237.